The summed E-state index contributed by atoms with van der Waals surface area (Å²) in [4.78, 5) is 44.7. The number of H-pyrrole nitrogens is 1. The van der Waals surface area contributed by atoms with Crippen molar-refractivity contribution in [2.24, 2.45) is 0 Å². The molecule has 1 aromatic carbocycles. The van der Waals surface area contributed by atoms with Gasteiger partial charge in [-0.3, -0.25) is 14.4 Å². The quantitative estimate of drug-likeness (QED) is 0.439. The zero-order chi connectivity index (χ0) is 21.3. The lowest BCUT2D eigenvalue weighted by Crippen LogP contribution is -2.45. The van der Waals surface area contributed by atoms with E-state index < -0.39 is 12.0 Å². The molecule has 1 atom stereocenters. The number of hydrogen-bond acceptors (Lipinski definition) is 5. The fraction of sp³-hybridized carbons (Fsp3) is 0.429. The number of nitrogens with one attached hydrogen (secondary N) is 3. The fourth-order valence-electron chi connectivity index (χ4n) is 3.68. The van der Waals surface area contributed by atoms with Crippen molar-refractivity contribution in [3.8, 4) is 0 Å². The molecule has 0 fully saturated rings. The van der Waals surface area contributed by atoms with E-state index in [1.165, 1.54) is 0 Å². The first kappa shape index (κ1) is 21.4. The molecule has 30 heavy (non-hydrogen) atoms. The molecule has 1 aliphatic rings. The Morgan fingerprint density at radius 3 is 2.83 bits per heavy atom. The van der Waals surface area contributed by atoms with E-state index >= 15 is 0 Å². The van der Waals surface area contributed by atoms with Crippen molar-refractivity contribution in [1.82, 2.24) is 20.2 Å². The molecular formula is C21H27N5O4. The van der Waals surface area contributed by atoms with Gasteiger partial charge < -0.3 is 25.6 Å². The van der Waals surface area contributed by atoms with Gasteiger partial charge in [-0.2, -0.15) is 0 Å². The highest BCUT2D eigenvalue weighted by Gasteiger charge is 2.32. The molecule has 0 saturated heterocycles. The predicted molar refractivity (Wildman–Crippen MR) is 111 cm³/mol. The summed E-state index contributed by atoms with van der Waals surface area (Å²) < 4.78 is 0. The first-order chi connectivity index (χ1) is 14.5. The molecule has 9 nitrogen and oxygen atoms in total. The van der Waals surface area contributed by atoms with Gasteiger partial charge in [0.2, 0.25) is 11.8 Å². The number of nitrogens with zero attached hydrogens (tertiary/aromatic N) is 2. The molecule has 2 aromatic rings. The van der Waals surface area contributed by atoms with E-state index in [1.54, 1.807) is 17.3 Å². The zero-order valence-corrected chi connectivity index (χ0v) is 16.8. The number of carboxylic acid groups (broad SMARTS) is 1. The number of aromatic nitrogens is 2. The Morgan fingerprint density at radius 2 is 2.07 bits per heavy atom. The van der Waals surface area contributed by atoms with Crippen LogP contribution in [0.4, 0.5) is 5.95 Å². The number of imidazole rings is 1. The monoisotopic (exact) mass is 413 g/mol. The Labute approximate surface area is 174 Å². The average Bonchev–Trinajstić information content (AvgIpc) is 3.25. The Kier molecular flexibility index (Phi) is 7.42. The molecule has 1 aromatic heterocycles. The molecule has 2 heterocycles. The zero-order valence-electron chi connectivity index (χ0n) is 16.8. The van der Waals surface area contributed by atoms with Crippen LogP contribution in [-0.4, -0.2) is 57.4 Å². The van der Waals surface area contributed by atoms with Gasteiger partial charge in [-0.05, 0) is 30.4 Å². The number of fused-ring (bicyclic) bond motifs is 1. The van der Waals surface area contributed by atoms with Crippen molar-refractivity contribution >= 4 is 23.7 Å². The molecule has 3 rings (SSSR count). The van der Waals surface area contributed by atoms with Crippen LogP contribution in [0.25, 0.3) is 0 Å². The van der Waals surface area contributed by atoms with E-state index in [1.807, 2.05) is 24.3 Å². The van der Waals surface area contributed by atoms with Crippen LogP contribution in [0.15, 0.2) is 36.7 Å². The van der Waals surface area contributed by atoms with E-state index in [4.69, 9.17) is 0 Å². The maximum atomic E-state index is 12.7. The number of benzene rings is 1. The Hall–Kier alpha value is -3.36. The van der Waals surface area contributed by atoms with Crippen LogP contribution in [0.2, 0.25) is 0 Å². The summed E-state index contributed by atoms with van der Waals surface area (Å²) in [6.07, 6.45) is 5.73. The van der Waals surface area contributed by atoms with Gasteiger partial charge in [0, 0.05) is 31.9 Å². The number of unbranched alkanes of at least 4 members (excludes halogenated alkanes) is 1. The van der Waals surface area contributed by atoms with Crippen molar-refractivity contribution in [3.63, 3.8) is 0 Å². The molecule has 2 amide bonds. The van der Waals surface area contributed by atoms with E-state index in [0.29, 0.717) is 38.3 Å². The van der Waals surface area contributed by atoms with Gasteiger partial charge in [-0.1, -0.05) is 24.3 Å². The van der Waals surface area contributed by atoms with Crippen molar-refractivity contribution < 1.29 is 19.5 Å². The smallest absolute Gasteiger partial charge is 0.305 e. The summed E-state index contributed by atoms with van der Waals surface area (Å²) in [5, 5.41) is 15.1. The van der Waals surface area contributed by atoms with Gasteiger partial charge in [0.1, 0.15) is 0 Å². The lowest BCUT2D eigenvalue weighted by atomic mass is 9.90. The highest BCUT2D eigenvalue weighted by Crippen LogP contribution is 2.32. The number of carboxylic acids is 1. The molecule has 0 spiro atoms. The third kappa shape index (κ3) is 5.82. The molecule has 0 saturated carbocycles. The maximum absolute atomic E-state index is 12.7. The number of aliphatic carboxylic acids is 1. The molecular weight excluding hydrogens is 386 g/mol. The van der Waals surface area contributed by atoms with E-state index in [0.717, 1.165) is 17.5 Å². The predicted octanol–water partition coefficient (Wildman–Crippen LogP) is 1.71. The van der Waals surface area contributed by atoms with Crippen molar-refractivity contribution in [3.05, 3.63) is 47.8 Å². The minimum absolute atomic E-state index is 0.123. The second kappa shape index (κ2) is 10.4. The lowest BCUT2D eigenvalue weighted by Gasteiger charge is -2.36. The molecule has 160 valence electrons. The number of amides is 2. The normalized spacial score (nSPS) is 15.3. The number of rotatable bonds is 10. The van der Waals surface area contributed by atoms with Crippen LogP contribution >= 0.6 is 0 Å². The van der Waals surface area contributed by atoms with Crippen molar-refractivity contribution in [1.29, 1.82) is 0 Å². The first-order valence-corrected chi connectivity index (χ1v) is 10.1. The van der Waals surface area contributed by atoms with Crippen LogP contribution in [0.3, 0.4) is 0 Å². The Balaban J connectivity index is 1.44. The molecule has 4 N–H and O–H groups in total. The maximum Gasteiger partial charge on any atom is 0.305 e. The highest BCUT2D eigenvalue weighted by molar-refractivity contribution is 5.85. The van der Waals surface area contributed by atoms with Gasteiger partial charge in [-0.25, -0.2) is 4.98 Å². The second-order valence-corrected chi connectivity index (χ2v) is 7.25. The van der Waals surface area contributed by atoms with Gasteiger partial charge in [-0.15, -0.1) is 0 Å². The first-order valence-electron chi connectivity index (χ1n) is 10.1. The number of hydrogen-bond donors (Lipinski definition) is 4. The fourth-order valence-corrected chi connectivity index (χ4v) is 3.68. The van der Waals surface area contributed by atoms with Crippen LogP contribution in [-0.2, 0) is 20.8 Å². The standard InChI is InChI=1S/C21H27N5O4/c27-18(7-3-4-9-22-21-23-10-11-24-21)25-14-19(28)26-12-8-15-5-1-2-6-16(15)17(26)13-20(29)30/h1-2,5-6,10-11,17H,3-4,7-9,12-14H2,(H,25,27)(H,29,30)(H2,22,23,24). The summed E-state index contributed by atoms with van der Waals surface area (Å²) >= 11 is 0. The summed E-state index contributed by atoms with van der Waals surface area (Å²) in [6.45, 7) is 1.02. The summed E-state index contributed by atoms with van der Waals surface area (Å²) in [5.74, 6) is -0.706. The number of aromatic amines is 1. The lowest BCUT2D eigenvalue weighted by molar-refractivity contribution is -0.141. The topological polar surface area (TPSA) is 127 Å². The summed E-state index contributed by atoms with van der Waals surface area (Å²) in [6, 6.07) is 7.10. The largest absolute Gasteiger partial charge is 0.481 e. The summed E-state index contributed by atoms with van der Waals surface area (Å²) in [5.41, 5.74) is 1.94. The molecule has 0 radical (unpaired) electrons. The van der Waals surface area contributed by atoms with Crippen molar-refractivity contribution in [2.75, 3.05) is 25.0 Å². The molecule has 0 aliphatic carbocycles. The van der Waals surface area contributed by atoms with Crippen LogP contribution < -0.4 is 10.6 Å². The third-order valence-electron chi connectivity index (χ3n) is 5.16. The highest BCUT2D eigenvalue weighted by atomic mass is 16.4. The van der Waals surface area contributed by atoms with Gasteiger partial charge in [0.05, 0.1) is 19.0 Å². The molecule has 1 aliphatic heterocycles. The van der Waals surface area contributed by atoms with Crippen molar-refractivity contribution in [2.45, 2.75) is 38.1 Å². The average molecular weight is 413 g/mol. The number of anilines is 1. The van der Waals surface area contributed by atoms with Gasteiger partial charge >= 0.3 is 5.97 Å². The molecule has 1 unspecified atom stereocenters. The Morgan fingerprint density at radius 1 is 1.23 bits per heavy atom. The second-order valence-electron chi connectivity index (χ2n) is 7.25. The van der Waals surface area contributed by atoms with Crippen LogP contribution in [0.5, 0.6) is 0 Å². The van der Waals surface area contributed by atoms with Gasteiger partial charge in [0.15, 0.2) is 5.95 Å². The number of carbonyl (C=O) groups is 3. The minimum atomic E-state index is -0.957. The molecule has 0 bridgehead atoms. The molecule has 9 heteroatoms. The number of carbonyl (C=O) groups excluding carboxylic acids is 2. The van der Waals surface area contributed by atoms with E-state index in [2.05, 4.69) is 20.6 Å². The van der Waals surface area contributed by atoms with Crippen LogP contribution in [0.1, 0.15) is 42.9 Å². The van der Waals surface area contributed by atoms with Crippen LogP contribution in [0, 0.1) is 0 Å². The minimum Gasteiger partial charge on any atom is -0.481 e. The summed E-state index contributed by atoms with van der Waals surface area (Å²) in [7, 11) is 0. The Bertz CT molecular complexity index is 868. The third-order valence-corrected chi connectivity index (χ3v) is 5.16. The SMILES string of the molecule is O=C(O)CC1c2ccccc2CCN1C(=O)CNC(=O)CCCCNc1ncc[nH]1. The van der Waals surface area contributed by atoms with Gasteiger partial charge in [0.25, 0.3) is 0 Å². The van der Waals surface area contributed by atoms with E-state index in [9.17, 15) is 19.5 Å². The van der Waals surface area contributed by atoms with E-state index in [-0.39, 0.29) is 24.8 Å².